The van der Waals surface area contributed by atoms with Crippen LogP contribution in [0.25, 0.3) is 10.9 Å². The number of carbonyl (C=O) groups excluding carboxylic acids is 2. The van der Waals surface area contributed by atoms with E-state index < -0.39 is 11.4 Å². The van der Waals surface area contributed by atoms with E-state index in [9.17, 15) is 14.4 Å². The number of aromatic amines is 1. The highest BCUT2D eigenvalue weighted by Crippen LogP contribution is 2.15. The fraction of sp³-hybridized carbons (Fsp3) is 0.214. The Morgan fingerprint density at radius 2 is 2.10 bits per heavy atom. The molecular formula is C14H14N2O4. The summed E-state index contributed by atoms with van der Waals surface area (Å²) in [5.74, 6) is -0.900. The third-order valence-electron chi connectivity index (χ3n) is 2.70. The second-order valence-electron chi connectivity index (χ2n) is 4.19. The van der Waals surface area contributed by atoms with Crippen molar-refractivity contribution >= 4 is 28.5 Å². The van der Waals surface area contributed by atoms with Crippen LogP contribution >= 0.6 is 0 Å². The van der Waals surface area contributed by atoms with Gasteiger partial charge in [0.15, 0.2) is 0 Å². The molecule has 1 heterocycles. The molecule has 0 atom stereocenters. The van der Waals surface area contributed by atoms with E-state index in [2.05, 4.69) is 10.3 Å². The summed E-state index contributed by atoms with van der Waals surface area (Å²) in [5, 5.41) is 2.91. The highest BCUT2D eigenvalue weighted by molar-refractivity contribution is 5.96. The van der Waals surface area contributed by atoms with Crippen LogP contribution in [0, 0.1) is 0 Å². The van der Waals surface area contributed by atoms with Crippen LogP contribution in [0.4, 0.5) is 5.69 Å². The van der Waals surface area contributed by atoms with Crippen LogP contribution in [0.3, 0.4) is 0 Å². The molecule has 2 rings (SSSR count). The van der Waals surface area contributed by atoms with Gasteiger partial charge in [0.1, 0.15) is 5.56 Å². The molecular weight excluding hydrogens is 260 g/mol. The summed E-state index contributed by atoms with van der Waals surface area (Å²) in [6, 6.07) is 4.86. The Hall–Kier alpha value is -2.63. The van der Waals surface area contributed by atoms with E-state index in [0.717, 1.165) is 0 Å². The molecule has 6 heteroatoms. The van der Waals surface area contributed by atoms with Gasteiger partial charge in [-0.3, -0.25) is 9.59 Å². The molecule has 2 N–H and O–H groups in total. The Labute approximate surface area is 114 Å². The summed E-state index contributed by atoms with van der Waals surface area (Å²) in [6.45, 7) is 3.24. The van der Waals surface area contributed by atoms with Crippen molar-refractivity contribution in [2.45, 2.75) is 13.8 Å². The maximum absolute atomic E-state index is 12.2. The number of anilines is 1. The maximum atomic E-state index is 12.2. The molecule has 0 radical (unpaired) electrons. The standard InChI is InChI=1S/C14H14N2O4/c1-3-20-14(19)11-7-15-12-5-4-9(16-8(2)17)6-10(12)13(11)18/h4-7H,3H2,1-2H3,(H,15,18)(H,16,17). The Balaban J connectivity index is 2.55. The Morgan fingerprint density at radius 3 is 2.75 bits per heavy atom. The van der Waals surface area contributed by atoms with Crippen molar-refractivity contribution in [1.29, 1.82) is 0 Å². The number of esters is 1. The minimum absolute atomic E-state index is 0.0562. The van der Waals surface area contributed by atoms with Crippen molar-refractivity contribution in [1.82, 2.24) is 4.98 Å². The van der Waals surface area contributed by atoms with Crippen LogP contribution in [-0.4, -0.2) is 23.5 Å². The SMILES string of the molecule is CCOC(=O)c1c[nH]c2ccc(NC(C)=O)cc2c1=O. The summed E-state index contributed by atoms with van der Waals surface area (Å²) >= 11 is 0. The second-order valence-corrected chi connectivity index (χ2v) is 4.19. The van der Waals surface area contributed by atoms with Crippen LogP contribution < -0.4 is 10.7 Å². The number of carbonyl (C=O) groups is 2. The first-order valence-corrected chi connectivity index (χ1v) is 6.13. The number of nitrogens with one attached hydrogen (secondary N) is 2. The summed E-state index contributed by atoms with van der Waals surface area (Å²) in [5.41, 5.74) is 0.595. The van der Waals surface area contributed by atoms with Gasteiger partial charge in [0, 0.05) is 29.7 Å². The van der Waals surface area contributed by atoms with E-state index >= 15 is 0 Å². The van der Waals surface area contributed by atoms with Gasteiger partial charge in [-0.25, -0.2) is 4.79 Å². The zero-order valence-corrected chi connectivity index (χ0v) is 11.1. The monoisotopic (exact) mass is 274 g/mol. The van der Waals surface area contributed by atoms with E-state index in [1.54, 1.807) is 19.1 Å². The molecule has 0 unspecified atom stereocenters. The van der Waals surface area contributed by atoms with Crippen LogP contribution in [0.1, 0.15) is 24.2 Å². The first-order valence-electron chi connectivity index (χ1n) is 6.13. The van der Waals surface area contributed by atoms with Gasteiger partial charge in [-0.2, -0.15) is 0 Å². The van der Waals surface area contributed by atoms with Gasteiger partial charge < -0.3 is 15.0 Å². The predicted octanol–water partition coefficient (Wildman–Crippen LogP) is 1.66. The molecule has 20 heavy (non-hydrogen) atoms. The molecule has 0 bridgehead atoms. The Bertz CT molecular complexity index is 734. The lowest BCUT2D eigenvalue weighted by molar-refractivity contribution is -0.114. The van der Waals surface area contributed by atoms with Crippen molar-refractivity contribution in [2.24, 2.45) is 0 Å². The van der Waals surface area contributed by atoms with Gasteiger partial charge in [-0.15, -0.1) is 0 Å². The topological polar surface area (TPSA) is 88.3 Å². The zero-order chi connectivity index (χ0) is 14.7. The minimum Gasteiger partial charge on any atom is -0.462 e. The molecule has 1 aromatic heterocycles. The number of rotatable bonds is 3. The summed E-state index contributed by atoms with van der Waals surface area (Å²) in [4.78, 5) is 37.8. The van der Waals surface area contributed by atoms with E-state index in [0.29, 0.717) is 16.6 Å². The van der Waals surface area contributed by atoms with Gasteiger partial charge in [0.25, 0.3) is 0 Å². The highest BCUT2D eigenvalue weighted by Gasteiger charge is 2.14. The lowest BCUT2D eigenvalue weighted by atomic mass is 10.1. The Kier molecular flexibility index (Phi) is 3.84. The fourth-order valence-corrected chi connectivity index (χ4v) is 1.86. The maximum Gasteiger partial charge on any atom is 0.343 e. The van der Waals surface area contributed by atoms with Gasteiger partial charge in [0.2, 0.25) is 11.3 Å². The van der Waals surface area contributed by atoms with Crippen LogP contribution in [0.2, 0.25) is 0 Å². The van der Waals surface area contributed by atoms with Crippen molar-refractivity contribution in [2.75, 3.05) is 11.9 Å². The predicted molar refractivity (Wildman–Crippen MR) is 74.8 cm³/mol. The first kappa shape index (κ1) is 13.8. The second kappa shape index (κ2) is 5.56. The number of ether oxygens (including phenoxy) is 1. The largest absolute Gasteiger partial charge is 0.462 e. The molecule has 0 aliphatic rings. The number of hydrogen-bond acceptors (Lipinski definition) is 4. The van der Waals surface area contributed by atoms with Crippen LogP contribution in [0.5, 0.6) is 0 Å². The molecule has 1 aromatic carbocycles. The first-order chi connectivity index (χ1) is 9.52. The molecule has 0 aliphatic heterocycles. The van der Waals surface area contributed by atoms with Crippen molar-refractivity contribution in [3.8, 4) is 0 Å². The van der Waals surface area contributed by atoms with Crippen molar-refractivity contribution in [3.05, 3.63) is 40.2 Å². The van der Waals surface area contributed by atoms with Crippen LogP contribution in [0.15, 0.2) is 29.2 Å². The smallest absolute Gasteiger partial charge is 0.343 e. The van der Waals surface area contributed by atoms with Crippen molar-refractivity contribution < 1.29 is 14.3 Å². The minimum atomic E-state index is -0.666. The molecule has 0 saturated heterocycles. The summed E-state index contributed by atoms with van der Waals surface area (Å²) in [6.07, 6.45) is 1.33. The van der Waals surface area contributed by atoms with Gasteiger partial charge in [-0.05, 0) is 25.1 Å². The average molecular weight is 274 g/mol. The molecule has 1 amide bonds. The van der Waals surface area contributed by atoms with Crippen molar-refractivity contribution in [3.63, 3.8) is 0 Å². The third-order valence-corrected chi connectivity index (χ3v) is 2.70. The van der Waals surface area contributed by atoms with Gasteiger partial charge in [0.05, 0.1) is 6.61 Å². The van der Waals surface area contributed by atoms with E-state index in [1.807, 2.05) is 0 Å². The number of pyridine rings is 1. The summed E-state index contributed by atoms with van der Waals surface area (Å²) < 4.78 is 4.82. The molecule has 0 spiro atoms. The number of benzene rings is 1. The lowest BCUT2D eigenvalue weighted by Gasteiger charge is -2.06. The van der Waals surface area contributed by atoms with Gasteiger partial charge in [-0.1, -0.05) is 0 Å². The lowest BCUT2D eigenvalue weighted by Crippen LogP contribution is -2.18. The molecule has 6 nitrogen and oxygen atoms in total. The molecule has 0 saturated carbocycles. The molecule has 2 aromatic rings. The quantitative estimate of drug-likeness (QED) is 0.833. The third kappa shape index (κ3) is 2.69. The van der Waals surface area contributed by atoms with E-state index in [-0.39, 0.29) is 18.1 Å². The number of H-pyrrole nitrogens is 1. The average Bonchev–Trinajstić information content (AvgIpc) is 2.39. The molecule has 0 aliphatic carbocycles. The number of amides is 1. The van der Waals surface area contributed by atoms with E-state index in [1.165, 1.54) is 19.2 Å². The fourth-order valence-electron chi connectivity index (χ4n) is 1.86. The number of fused-ring (bicyclic) bond motifs is 1. The molecule has 104 valence electrons. The number of aromatic nitrogens is 1. The number of hydrogen-bond donors (Lipinski definition) is 2. The zero-order valence-electron chi connectivity index (χ0n) is 11.1. The van der Waals surface area contributed by atoms with E-state index in [4.69, 9.17) is 4.74 Å². The van der Waals surface area contributed by atoms with Gasteiger partial charge >= 0.3 is 5.97 Å². The molecule has 0 fully saturated rings. The Morgan fingerprint density at radius 1 is 1.35 bits per heavy atom. The highest BCUT2D eigenvalue weighted by atomic mass is 16.5. The van der Waals surface area contributed by atoms with Crippen LogP contribution in [-0.2, 0) is 9.53 Å². The normalized spacial score (nSPS) is 10.3. The summed E-state index contributed by atoms with van der Waals surface area (Å²) in [7, 11) is 0.